The van der Waals surface area contributed by atoms with Crippen molar-refractivity contribution in [2.24, 2.45) is 0 Å². The molecule has 3 aromatic carbocycles. The van der Waals surface area contributed by atoms with E-state index in [2.05, 4.69) is 43.0 Å². The van der Waals surface area contributed by atoms with Crippen molar-refractivity contribution in [3.05, 3.63) is 101 Å². The lowest BCUT2D eigenvalue weighted by Gasteiger charge is -2.11. The average Bonchev–Trinajstić information content (AvgIpc) is 2.78. The minimum absolute atomic E-state index is 0.266. The van der Waals surface area contributed by atoms with E-state index in [-0.39, 0.29) is 11.9 Å². The van der Waals surface area contributed by atoms with Gasteiger partial charge in [-0.25, -0.2) is 0 Å². The third-order valence-electron chi connectivity index (χ3n) is 4.85. The summed E-state index contributed by atoms with van der Waals surface area (Å²) < 4.78 is 5.51. The first-order valence-electron chi connectivity index (χ1n) is 10.1. The van der Waals surface area contributed by atoms with Crippen LogP contribution < -0.4 is 4.74 Å². The molecule has 29 heavy (non-hydrogen) atoms. The summed E-state index contributed by atoms with van der Waals surface area (Å²) in [7, 11) is 0. The molecule has 1 atom stereocenters. The van der Waals surface area contributed by atoms with Crippen LogP contribution >= 0.6 is 0 Å². The van der Waals surface area contributed by atoms with Gasteiger partial charge in [0.2, 0.25) is 0 Å². The molecule has 0 saturated heterocycles. The number of hydrogen-bond acceptors (Lipinski definition) is 2. The van der Waals surface area contributed by atoms with Crippen LogP contribution in [-0.2, 0) is 11.2 Å². The zero-order valence-electron chi connectivity index (χ0n) is 17.0. The van der Waals surface area contributed by atoms with Crippen LogP contribution in [0.2, 0.25) is 0 Å². The molecule has 0 radical (unpaired) electrons. The van der Waals surface area contributed by atoms with Crippen LogP contribution in [0.25, 0.3) is 0 Å². The van der Waals surface area contributed by atoms with Gasteiger partial charge < -0.3 is 4.74 Å². The van der Waals surface area contributed by atoms with E-state index in [9.17, 15) is 4.79 Å². The van der Waals surface area contributed by atoms with Crippen molar-refractivity contribution in [3.8, 4) is 17.6 Å². The molecule has 2 nitrogen and oxygen atoms in total. The Balaban J connectivity index is 1.59. The van der Waals surface area contributed by atoms with Crippen molar-refractivity contribution in [1.29, 1.82) is 0 Å². The largest absolute Gasteiger partial charge is 0.426 e. The van der Waals surface area contributed by atoms with Crippen molar-refractivity contribution in [2.45, 2.75) is 39.0 Å². The van der Waals surface area contributed by atoms with Crippen LogP contribution in [0.3, 0.4) is 0 Å². The summed E-state index contributed by atoms with van der Waals surface area (Å²) in [6.45, 7) is 4.06. The SMILES string of the molecule is CCCCc1ccc(C#Cc2ccc(OC(=O)[C@H](C)c3ccccc3)cc2)cc1. The summed E-state index contributed by atoms with van der Waals surface area (Å²) in [6.07, 6.45) is 3.54. The smallest absolute Gasteiger partial charge is 0.318 e. The number of unbranched alkanes of at least 4 members (excludes halogenated alkanes) is 1. The van der Waals surface area contributed by atoms with Crippen LogP contribution in [0, 0.1) is 11.8 Å². The van der Waals surface area contributed by atoms with Crippen molar-refractivity contribution in [3.63, 3.8) is 0 Å². The summed E-state index contributed by atoms with van der Waals surface area (Å²) in [4.78, 5) is 12.4. The second kappa shape index (κ2) is 10.3. The third kappa shape index (κ3) is 6.09. The fourth-order valence-electron chi connectivity index (χ4n) is 2.97. The Hall–Kier alpha value is -3.31. The standard InChI is InChI=1S/C27H26O2/c1-3-4-8-22-11-13-23(14-12-22)15-16-24-17-19-26(20-18-24)29-27(28)21(2)25-9-6-5-7-10-25/h5-7,9-14,17-21H,3-4,8H2,1-2H3/t21-/m1/s1. The van der Waals surface area contributed by atoms with Crippen molar-refractivity contribution >= 4 is 5.97 Å². The Labute approximate surface area is 173 Å². The number of hydrogen-bond donors (Lipinski definition) is 0. The highest BCUT2D eigenvalue weighted by Crippen LogP contribution is 2.19. The number of carbonyl (C=O) groups excluding carboxylic acids is 1. The fraction of sp³-hybridized carbons (Fsp3) is 0.222. The lowest BCUT2D eigenvalue weighted by molar-refractivity contribution is -0.135. The zero-order chi connectivity index (χ0) is 20.5. The summed E-state index contributed by atoms with van der Waals surface area (Å²) in [5, 5.41) is 0. The molecule has 0 saturated carbocycles. The molecule has 146 valence electrons. The maximum absolute atomic E-state index is 12.4. The maximum Gasteiger partial charge on any atom is 0.318 e. The molecule has 0 bridgehead atoms. The average molecular weight is 383 g/mol. The first kappa shape index (κ1) is 20.4. The molecule has 2 heteroatoms. The van der Waals surface area contributed by atoms with Gasteiger partial charge in [0.1, 0.15) is 5.75 Å². The Morgan fingerprint density at radius 3 is 2.03 bits per heavy atom. The molecule has 0 spiro atoms. The molecule has 0 N–H and O–H groups in total. The van der Waals surface area contributed by atoms with Gasteiger partial charge in [-0.15, -0.1) is 0 Å². The first-order chi connectivity index (χ1) is 14.2. The van der Waals surface area contributed by atoms with E-state index in [1.54, 1.807) is 12.1 Å². The minimum Gasteiger partial charge on any atom is -0.426 e. The van der Waals surface area contributed by atoms with Crippen molar-refractivity contribution in [2.75, 3.05) is 0 Å². The maximum atomic E-state index is 12.4. The lowest BCUT2D eigenvalue weighted by atomic mass is 10.0. The van der Waals surface area contributed by atoms with Crippen LogP contribution in [0.1, 0.15) is 54.9 Å². The molecule has 3 rings (SSSR count). The number of carbonyl (C=O) groups is 1. The molecule has 0 amide bonds. The number of aryl methyl sites for hydroxylation is 1. The molecule has 0 fully saturated rings. The minimum atomic E-state index is -0.309. The lowest BCUT2D eigenvalue weighted by Crippen LogP contribution is -2.16. The van der Waals surface area contributed by atoms with E-state index in [0.29, 0.717) is 5.75 Å². The second-order valence-corrected chi connectivity index (χ2v) is 7.13. The van der Waals surface area contributed by atoms with E-state index in [1.807, 2.05) is 49.4 Å². The molecule has 0 aliphatic rings. The van der Waals surface area contributed by atoms with E-state index in [0.717, 1.165) is 23.1 Å². The monoisotopic (exact) mass is 382 g/mol. The molecule has 0 aliphatic heterocycles. The van der Waals surface area contributed by atoms with Gasteiger partial charge in [-0.3, -0.25) is 4.79 Å². The highest BCUT2D eigenvalue weighted by molar-refractivity contribution is 5.79. The molecule has 3 aromatic rings. The Morgan fingerprint density at radius 2 is 1.45 bits per heavy atom. The third-order valence-corrected chi connectivity index (χ3v) is 4.85. The van der Waals surface area contributed by atoms with E-state index < -0.39 is 0 Å². The summed E-state index contributed by atoms with van der Waals surface area (Å²) in [5.41, 5.74) is 4.18. The van der Waals surface area contributed by atoms with Gasteiger partial charge in [-0.1, -0.05) is 67.6 Å². The topological polar surface area (TPSA) is 26.3 Å². The summed E-state index contributed by atoms with van der Waals surface area (Å²) in [5.74, 6) is 6.30. The summed E-state index contributed by atoms with van der Waals surface area (Å²) >= 11 is 0. The summed E-state index contributed by atoms with van der Waals surface area (Å²) in [6, 6.07) is 25.4. The zero-order valence-corrected chi connectivity index (χ0v) is 17.0. The number of esters is 1. The van der Waals surface area contributed by atoms with Gasteiger partial charge in [0.15, 0.2) is 0 Å². The number of ether oxygens (including phenoxy) is 1. The Morgan fingerprint density at radius 1 is 0.862 bits per heavy atom. The Kier molecular flexibility index (Phi) is 7.25. The molecule has 0 unspecified atom stereocenters. The molecular formula is C27H26O2. The predicted molar refractivity (Wildman–Crippen MR) is 118 cm³/mol. The van der Waals surface area contributed by atoms with Gasteiger partial charge in [-0.05, 0) is 67.3 Å². The van der Waals surface area contributed by atoms with Gasteiger partial charge in [0.25, 0.3) is 0 Å². The highest BCUT2D eigenvalue weighted by atomic mass is 16.5. The molecular weight excluding hydrogens is 356 g/mol. The Bertz CT molecular complexity index is 975. The van der Waals surface area contributed by atoms with Crippen molar-refractivity contribution < 1.29 is 9.53 Å². The first-order valence-corrected chi connectivity index (χ1v) is 10.1. The molecule has 0 aromatic heterocycles. The predicted octanol–water partition coefficient (Wildman–Crippen LogP) is 6.14. The van der Waals surface area contributed by atoms with Gasteiger partial charge in [-0.2, -0.15) is 0 Å². The molecule has 0 aliphatic carbocycles. The van der Waals surface area contributed by atoms with Crippen LogP contribution in [0.4, 0.5) is 0 Å². The van der Waals surface area contributed by atoms with Crippen LogP contribution in [-0.4, -0.2) is 5.97 Å². The quantitative estimate of drug-likeness (QED) is 0.291. The van der Waals surface area contributed by atoms with E-state index in [1.165, 1.54) is 18.4 Å². The fourth-order valence-corrected chi connectivity index (χ4v) is 2.97. The molecule has 0 heterocycles. The van der Waals surface area contributed by atoms with Crippen molar-refractivity contribution in [1.82, 2.24) is 0 Å². The number of rotatable bonds is 6. The van der Waals surface area contributed by atoms with Crippen LogP contribution in [0.5, 0.6) is 5.75 Å². The highest BCUT2D eigenvalue weighted by Gasteiger charge is 2.17. The second-order valence-electron chi connectivity index (χ2n) is 7.13. The normalized spacial score (nSPS) is 11.2. The number of benzene rings is 3. The van der Waals surface area contributed by atoms with Gasteiger partial charge in [0.05, 0.1) is 5.92 Å². The van der Waals surface area contributed by atoms with Crippen LogP contribution in [0.15, 0.2) is 78.9 Å². The van der Waals surface area contributed by atoms with Gasteiger partial charge >= 0.3 is 5.97 Å². The van der Waals surface area contributed by atoms with E-state index >= 15 is 0 Å². The van der Waals surface area contributed by atoms with E-state index in [4.69, 9.17) is 4.74 Å². The van der Waals surface area contributed by atoms with Gasteiger partial charge in [0, 0.05) is 11.1 Å².